The van der Waals surface area contributed by atoms with E-state index in [1.165, 1.54) is 0 Å². The van der Waals surface area contributed by atoms with Gasteiger partial charge in [-0.15, -0.1) is 0 Å². The maximum atomic E-state index is 12.4. The Hall–Kier alpha value is -2.13. The number of nitrogens with one attached hydrogen (secondary N) is 1. The fourth-order valence-electron chi connectivity index (χ4n) is 2.90. The Bertz CT molecular complexity index is 639. The zero-order chi connectivity index (χ0) is 14.8. The van der Waals surface area contributed by atoms with Gasteiger partial charge < -0.3 is 10.4 Å². The van der Waals surface area contributed by atoms with Crippen molar-refractivity contribution in [2.45, 2.75) is 31.4 Å². The molecule has 0 saturated heterocycles. The van der Waals surface area contributed by atoms with Gasteiger partial charge in [0.1, 0.15) is 0 Å². The van der Waals surface area contributed by atoms with Crippen molar-refractivity contribution in [2.75, 3.05) is 0 Å². The number of rotatable bonds is 3. The molecule has 21 heavy (non-hydrogen) atoms. The zero-order valence-corrected chi connectivity index (χ0v) is 12.0. The van der Waals surface area contributed by atoms with Crippen molar-refractivity contribution in [3.63, 3.8) is 0 Å². The van der Waals surface area contributed by atoms with Crippen LogP contribution in [0.4, 0.5) is 0 Å². The van der Waals surface area contributed by atoms with Crippen LogP contribution >= 0.6 is 0 Å². The van der Waals surface area contributed by atoms with Gasteiger partial charge in [0.25, 0.3) is 0 Å². The average Bonchev–Trinajstić information content (AvgIpc) is 2.84. The summed E-state index contributed by atoms with van der Waals surface area (Å²) in [5.41, 5.74) is 3.03. The average molecular weight is 281 g/mol. The molecule has 2 aromatic rings. The van der Waals surface area contributed by atoms with Crippen LogP contribution in [0, 0.1) is 0 Å². The molecule has 0 spiro atoms. The van der Waals surface area contributed by atoms with Crippen molar-refractivity contribution in [3.8, 4) is 0 Å². The van der Waals surface area contributed by atoms with E-state index < -0.39 is 6.10 Å². The van der Waals surface area contributed by atoms with E-state index in [2.05, 4.69) is 5.32 Å². The number of fused-ring (bicyclic) bond motifs is 1. The van der Waals surface area contributed by atoms with Crippen molar-refractivity contribution in [1.29, 1.82) is 0 Å². The van der Waals surface area contributed by atoms with E-state index in [0.29, 0.717) is 6.42 Å². The summed E-state index contributed by atoms with van der Waals surface area (Å²) < 4.78 is 0. The SMILES string of the molecule is CC(C(=O)NC1Cc2ccccc2C1O)c1ccccc1. The standard InChI is InChI=1S/C18H19NO2/c1-12(13-7-3-2-4-8-13)18(21)19-16-11-14-9-5-6-10-15(14)17(16)20/h2-10,12,16-17,20H,11H2,1H3,(H,19,21). The van der Waals surface area contributed by atoms with Crippen LogP contribution in [0.15, 0.2) is 54.6 Å². The maximum Gasteiger partial charge on any atom is 0.227 e. The van der Waals surface area contributed by atoms with Crippen molar-refractivity contribution in [1.82, 2.24) is 5.32 Å². The van der Waals surface area contributed by atoms with Crippen LogP contribution in [0.1, 0.15) is 35.6 Å². The molecule has 0 heterocycles. The van der Waals surface area contributed by atoms with Crippen molar-refractivity contribution >= 4 is 5.91 Å². The molecule has 0 saturated carbocycles. The molecule has 1 amide bonds. The molecule has 3 atom stereocenters. The lowest BCUT2D eigenvalue weighted by molar-refractivity contribution is -0.123. The van der Waals surface area contributed by atoms with Gasteiger partial charge in [0, 0.05) is 0 Å². The van der Waals surface area contributed by atoms with E-state index in [9.17, 15) is 9.90 Å². The molecule has 1 aliphatic carbocycles. The Morgan fingerprint density at radius 3 is 2.52 bits per heavy atom. The van der Waals surface area contributed by atoms with Crippen LogP contribution in [-0.2, 0) is 11.2 Å². The number of benzene rings is 2. The number of carbonyl (C=O) groups excluding carboxylic acids is 1. The topological polar surface area (TPSA) is 49.3 Å². The first-order valence-corrected chi connectivity index (χ1v) is 7.28. The molecule has 0 radical (unpaired) electrons. The third kappa shape index (κ3) is 2.69. The first kappa shape index (κ1) is 13.8. The molecule has 3 nitrogen and oxygen atoms in total. The molecular formula is C18H19NO2. The quantitative estimate of drug-likeness (QED) is 0.908. The summed E-state index contributed by atoms with van der Waals surface area (Å²) in [4.78, 5) is 12.4. The van der Waals surface area contributed by atoms with Crippen molar-refractivity contribution in [2.24, 2.45) is 0 Å². The van der Waals surface area contributed by atoms with Crippen LogP contribution < -0.4 is 5.32 Å². The minimum atomic E-state index is -0.617. The number of aliphatic hydroxyl groups is 1. The van der Waals surface area contributed by atoms with Gasteiger partial charge in [-0.1, -0.05) is 54.6 Å². The van der Waals surface area contributed by atoms with E-state index in [4.69, 9.17) is 0 Å². The third-order valence-electron chi connectivity index (χ3n) is 4.22. The van der Waals surface area contributed by atoms with Crippen LogP contribution in [0.25, 0.3) is 0 Å². The minimum absolute atomic E-state index is 0.0435. The zero-order valence-electron chi connectivity index (χ0n) is 12.0. The molecule has 0 aliphatic heterocycles. The van der Waals surface area contributed by atoms with Gasteiger partial charge in [-0.3, -0.25) is 4.79 Å². The fourth-order valence-corrected chi connectivity index (χ4v) is 2.90. The van der Waals surface area contributed by atoms with Crippen LogP contribution in [0.3, 0.4) is 0 Å². The highest BCUT2D eigenvalue weighted by Crippen LogP contribution is 2.31. The summed E-state index contributed by atoms with van der Waals surface area (Å²) >= 11 is 0. The Kier molecular flexibility index (Phi) is 3.76. The van der Waals surface area contributed by atoms with Gasteiger partial charge in [-0.25, -0.2) is 0 Å². The molecule has 0 bridgehead atoms. The molecule has 108 valence electrons. The Morgan fingerprint density at radius 1 is 1.14 bits per heavy atom. The smallest absolute Gasteiger partial charge is 0.227 e. The summed E-state index contributed by atoms with van der Waals surface area (Å²) in [6, 6.07) is 17.3. The lowest BCUT2D eigenvalue weighted by Gasteiger charge is -2.20. The van der Waals surface area contributed by atoms with Gasteiger partial charge in [-0.2, -0.15) is 0 Å². The highest BCUT2D eigenvalue weighted by atomic mass is 16.3. The Morgan fingerprint density at radius 2 is 1.81 bits per heavy atom. The molecule has 3 heteroatoms. The van der Waals surface area contributed by atoms with E-state index >= 15 is 0 Å². The minimum Gasteiger partial charge on any atom is -0.386 e. The largest absolute Gasteiger partial charge is 0.386 e. The fraction of sp³-hybridized carbons (Fsp3) is 0.278. The van der Waals surface area contributed by atoms with Crippen molar-refractivity contribution in [3.05, 3.63) is 71.3 Å². The number of aliphatic hydroxyl groups excluding tert-OH is 1. The first-order chi connectivity index (χ1) is 10.2. The molecule has 2 N–H and O–H groups in total. The molecule has 0 aromatic heterocycles. The summed E-state index contributed by atoms with van der Waals surface area (Å²) in [7, 11) is 0. The third-order valence-corrected chi connectivity index (χ3v) is 4.22. The lowest BCUT2D eigenvalue weighted by Crippen LogP contribution is -2.40. The Labute approximate surface area is 124 Å². The van der Waals surface area contributed by atoms with E-state index in [0.717, 1.165) is 16.7 Å². The van der Waals surface area contributed by atoms with Crippen LogP contribution in [0.2, 0.25) is 0 Å². The second kappa shape index (κ2) is 5.70. The van der Waals surface area contributed by atoms with E-state index in [1.54, 1.807) is 0 Å². The van der Waals surface area contributed by atoms with Crippen LogP contribution in [-0.4, -0.2) is 17.1 Å². The first-order valence-electron chi connectivity index (χ1n) is 7.28. The van der Waals surface area contributed by atoms with Gasteiger partial charge in [0.05, 0.1) is 18.1 Å². The predicted molar refractivity (Wildman–Crippen MR) is 81.9 cm³/mol. The molecule has 3 rings (SSSR count). The molecular weight excluding hydrogens is 262 g/mol. The van der Waals surface area contributed by atoms with E-state index in [-0.39, 0.29) is 17.9 Å². The van der Waals surface area contributed by atoms with Gasteiger partial charge in [-0.05, 0) is 30.0 Å². The van der Waals surface area contributed by atoms with Gasteiger partial charge >= 0.3 is 0 Å². The summed E-state index contributed by atoms with van der Waals surface area (Å²) in [6.07, 6.45) is 0.0676. The molecule has 2 aromatic carbocycles. The van der Waals surface area contributed by atoms with Crippen molar-refractivity contribution < 1.29 is 9.90 Å². The number of hydrogen-bond donors (Lipinski definition) is 2. The monoisotopic (exact) mass is 281 g/mol. The summed E-state index contributed by atoms with van der Waals surface area (Å²) in [6.45, 7) is 1.89. The lowest BCUT2D eigenvalue weighted by atomic mass is 10.00. The number of carbonyl (C=O) groups is 1. The highest BCUT2D eigenvalue weighted by Gasteiger charge is 2.32. The van der Waals surface area contributed by atoms with Crippen LogP contribution in [0.5, 0.6) is 0 Å². The maximum absolute atomic E-state index is 12.4. The summed E-state index contributed by atoms with van der Waals surface area (Å²) in [5, 5.41) is 13.3. The second-order valence-electron chi connectivity index (χ2n) is 5.60. The predicted octanol–water partition coefficient (Wildman–Crippen LogP) is 2.56. The second-order valence-corrected chi connectivity index (χ2v) is 5.60. The molecule has 1 aliphatic rings. The van der Waals surface area contributed by atoms with E-state index in [1.807, 2.05) is 61.5 Å². The highest BCUT2D eigenvalue weighted by molar-refractivity contribution is 5.83. The number of amides is 1. The number of hydrogen-bond acceptors (Lipinski definition) is 2. The Balaban J connectivity index is 1.70. The molecule has 0 fully saturated rings. The normalized spacial score (nSPS) is 21.6. The molecule has 3 unspecified atom stereocenters. The van der Waals surface area contributed by atoms with Gasteiger partial charge in [0.15, 0.2) is 0 Å². The van der Waals surface area contributed by atoms with Gasteiger partial charge in [0.2, 0.25) is 5.91 Å². The summed E-state index contributed by atoms with van der Waals surface area (Å²) in [5.74, 6) is -0.264.